The maximum Gasteiger partial charge on any atom is 0.217 e. The molecule has 0 rings (SSSR count). The standard InChI is InChI=1S/C10H17NO3.C8H14O2.C8H16O.C7H14O.C6H14.3CH4/c1-7(2)10(14)5-4-9(13)6-11-8(3)12;1-6(2)8(10)5-4-7(3)9;1-7(2)5-4-6-8(3)9;1-7(2)5-3-4-6-8;1-4-5-6(2)3;;;/h7H,4-6H2,1-3H3,(H,11,12);6H,4-5H2,1-3H3;7H,4-6H2,1-3H3;6-7H,3-5H2,1-2H3;6H,4-5H2,1-3H3;3*1H4. The van der Waals surface area contributed by atoms with Gasteiger partial charge >= 0.3 is 0 Å². The molecule has 0 aliphatic heterocycles. The van der Waals surface area contributed by atoms with Crippen molar-refractivity contribution >= 4 is 41.1 Å². The fraction of sp³-hybridized carbons (Fsp3) is 0.833. The molecule has 0 unspecified atom stereocenters. The molecule has 8 nitrogen and oxygen atoms in total. The van der Waals surface area contributed by atoms with Crippen LogP contribution >= 0.6 is 0 Å². The average molecular weight is 718 g/mol. The van der Waals surface area contributed by atoms with E-state index < -0.39 is 0 Å². The van der Waals surface area contributed by atoms with E-state index >= 15 is 0 Å². The van der Waals surface area contributed by atoms with Gasteiger partial charge in [0.05, 0.1) is 6.54 Å². The summed E-state index contributed by atoms with van der Waals surface area (Å²) in [4.78, 5) is 74.2. The number of carbonyl (C=O) groups is 7. The zero-order valence-corrected chi connectivity index (χ0v) is 33.0. The summed E-state index contributed by atoms with van der Waals surface area (Å²) < 4.78 is 0. The van der Waals surface area contributed by atoms with Crippen molar-refractivity contribution < 1.29 is 33.6 Å². The molecular formula is C42H87NO7. The van der Waals surface area contributed by atoms with Gasteiger partial charge in [0.15, 0.2) is 5.78 Å². The Labute approximate surface area is 311 Å². The highest BCUT2D eigenvalue weighted by atomic mass is 16.2. The van der Waals surface area contributed by atoms with E-state index in [0.29, 0.717) is 18.6 Å². The van der Waals surface area contributed by atoms with Gasteiger partial charge in [-0.05, 0) is 44.4 Å². The molecule has 0 saturated heterocycles. The Morgan fingerprint density at radius 1 is 0.540 bits per heavy atom. The minimum atomic E-state index is -0.228. The van der Waals surface area contributed by atoms with Crippen LogP contribution in [0, 0.1) is 29.6 Å². The first-order valence-electron chi connectivity index (χ1n) is 17.9. The lowest BCUT2D eigenvalue weighted by Crippen LogP contribution is -2.27. The molecule has 1 N–H and O–H groups in total. The van der Waals surface area contributed by atoms with E-state index in [4.69, 9.17) is 0 Å². The molecule has 1 amide bonds. The average Bonchev–Trinajstić information content (AvgIpc) is 2.94. The van der Waals surface area contributed by atoms with Gasteiger partial charge in [0.2, 0.25) is 5.91 Å². The number of nitrogens with one attached hydrogen (secondary N) is 1. The minimum absolute atomic E-state index is 0. The summed E-state index contributed by atoms with van der Waals surface area (Å²) in [5, 5.41) is 2.40. The molecule has 0 aromatic rings. The summed E-state index contributed by atoms with van der Waals surface area (Å²) in [5.74, 6) is 2.76. The van der Waals surface area contributed by atoms with Crippen LogP contribution in [-0.2, 0) is 33.6 Å². The van der Waals surface area contributed by atoms with Gasteiger partial charge in [0, 0.05) is 57.3 Å². The number of ketones is 5. The van der Waals surface area contributed by atoms with E-state index in [9.17, 15) is 33.6 Å². The Bertz CT molecular complexity index is 828. The Morgan fingerprint density at radius 2 is 0.920 bits per heavy atom. The summed E-state index contributed by atoms with van der Waals surface area (Å²) in [6, 6.07) is 0. The predicted octanol–water partition coefficient (Wildman–Crippen LogP) is 11.0. The maximum absolute atomic E-state index is 11.1. The molecule has 0 aliphatic carbocycles. The lowest BCUT2D eigenvalue weighted by atomic mass is 10.0. The van der Waals surface area contributed by atoms with E-state index in [-0.39, 0.29) is 82.5 Å². The molecule has 8 heteroatoms. The third kappa shape index (κ3) is 75.7. The van der Waals surface area contributed by atoms with Crippen LogP contribution in [0.15, 0.2) is 0 Å². The van der Waals surface area contributed by atoms with Gasteiger partial charge in [-0.15, -0.1) is 0 Å². The van der Waals surface area contributed by atoms with Crippen LogP contribution in [0.25, 0.3) is 0 Å². The molecule has 0 aromatic carbocycles. The maximum atomic E-state index is 11.1. The highest BCUT2D eigenvalue weighted by Crippen LogP contribution is 2.06. The van der Waals surface area contributed by atoms with Gasteiger partial charge < -0.3 is 19.7 Å². The molecule has 0 spiro atoms. The number of amides is 1. The molecule has 0 radical (unpaired) electrons. The molecular weight excluding hydrogens is 630 g/mol. The molecule has 0 heterocycles. The third-order valence-corrected chi connectivity index (χ3v) is 6.48. The zero-order valence-electron chi connectivity index (χ0n) is 33.0. The number of carbonyl (C=O) groups excluding carboxylic acids is 7. The van der Waals surface area contributed by atoms with E-state index in [1.54, 1.807) is 20.8 Å². The second kappa shape index (κ2) is 46.5. The predicted molar refractivity (Wildman–Crippen MR) is 217 cm³/mol. The van der Waals surface area contributed by atoms with Crippen LogP contribution in [-0.4, -0.2) is 47.7 Å². The van der Waals surface area contributed by atoms with Crippen LogP contribution in [0.2, 0.25) is 0 Å². The molecule has 0 atom stereocenters. The molecule has 0 saturated carbocycles. The number of hydrogen-bond donors (Lipinski definition) is 1. The smallest absolute Gasteiger partial charge is 0.217 e. The number of hydrogen-bond acceptors (Lipinski definition) is 7. The molecule has 0 fully saturated rings. The van der Waals surface area contributed by atoms with Gasteiger partial charge in [-0.2, -0.15) is 0 Å². The second-order valence-corrected chi connectivity index (χ2v) is 14.1. The second-order valence-electron chi connectivity index (χ2n) is 14.1. The van der Waals surface area contributed by atoms with Crippen molar-refractivity contribution in [3.8, 4) is 0 Å². The van der Waals surface area contributed by atoms with Crippen LogP contribution < -0.4 is 5.32 Å². The zero-order chi connectivity index (χ0) is 38.0. The summed E-state index contributed by atoms with van der Waals surface area (Å²) in [6.07, 6.45) is 11.0. The molecule has 50 heavy (non-hydrogen) atoms. The van der Waals surface area contributed by atoms with Crippen molar-refractivity contribution in [2.45, 2.75) is 196 Å². The topological polar surface area (TPSA) is 132 Å². The van der Waals surface area contributed by atoms with E-state index in [2.05, 4.69) is 53.8 Å². The van der Waals surface area contributed by atoms with E-state index in [0.717, 1.165) is 49.7 Å². The van der Waals surface area contributed by atoms with Gasteiger partial charge in [-0.3, -0.25) is 19.2 Å². The van der Waals surface area contributed by atoms with Crippen LogP contribution in [0.5, 0.6) is 0 Å². The van der Waals surface area contributed by atoms with Crippen LogP contribution in [0.4, 0.5) is 0 Å². The number of rotatable bonds is 20. The number of aldehydes is 1. The quantitative estimate of drug-likeness (QED) is 0.0979. The van der Waals surface area contributed by atoms with Gasteiger partial charge in [-0.1, -0.05) is 124 Å². The van der Waals surface area contributed by atoms with Crippen molar-refractivity contribution in [1.29, 1.82) is 0 Å². The van der Waals surface area contributed by atoms with Gasteiger partial charge in [0.1, 0.15) is 29.4 Å². The Hall–Kier alpha value is -2.51. The van der Waals surface area contributed by atoms with Crippen molar-refractivity contribution in [2.24, 2.45) is 29.6 Å². The van der Waals surface area contributed by atoms with E-state index in [1.807, 2.05) is 13.8 Å². The van der Waals surface area contributed by atoms with Crippen molar-refractivity contribution in [2.75, 3.05) is 6.54 Å². The fourth-order valence-electron chi connectivity index (χ4n) is 3.40. The Kier molecular flexibility index (Phi) is 61.2. The minimum Gasteiger partial charge on any atom is -0.349 e. The van der Waals surface area contributed by atoms with Gasteiger partial charge in [0.25, 0.3) is 0 Å². The Morgan fingerprint density at radius 3 is 1.20 bits per heavy atom. The summed E-state index contributed by atoms with van der Waals surface area (Å²) in [7, 11) is 0. The lowest BCUT2D eigenvalue weighted by molar-refractivity contribution is -0.126. The SMILES string of the molecule is C.C.C.CC(=O)CCC(=O)C(C)C.CC(=O)CCCC(C)C.CC(=O)NCC(=O)CCC(=O)C(C)C.CC(C)CCCC=O.CCCC(C)C. The monoisotopic (exact) mass is 718 g/mol. The van der Waals surface area contributed by atoms with Crippen molar-refractivity contribution in [1.82, 2.24) is 5.32 Å². The normalized spacial score (nSPS) is 9.42. The van der Waals surface area contributed by atoms with E-state index in [1.165, 1.54) is 39.5 Å². The van der Waals surface area contributed by atoms with Gasteiger partial charge in [-0.25, -0.2) is 0 Å². The molecule has 302 valence electrons. The van der Waals surface area contributed by atoms with Crippen molar-refractivity contribution in [3.63, 3.8) is 0 Å². The summed E-state index contributed by atoms with van der Waals surface area (Å²) >= 11 is 0. The number of unbranched alkanes of at least 4 members (excludes halogenated alkanes) is 1. The summed E-state index contributed by atoms with van der Waals surface area (Å²) in [6.45, 7) is 27.3. The first kappa shape index (κ1) is 65.8. The first-order valence-corrected chi connectivity index (χ1v) is 17.9. The molecule has 0 aromatic heterocycles. The number of Topliss-reactive ketones (excluding diaryl/α,β-unsaturated/α-hetero) is 5. The van der Waals surface area contributed by atoms with Crippen LogP contribution in [0.1, 0.15) is 196 Å². The highest BCUT2D eigenvalue weighted by Gasteiger charge is 2.10. The summed E-state index contributed by atoms with van der Waals surface area (Å²) in [5.41, 5.74) is 0. The largest absolute Gasteiger partial charge is 0.349 e. The first-order chi connectivity index (χ1) is 21.6. The van der Waals surface area contributed by atoms with Crippen LogP contribution in [0.3, 0.4) is 0 Å². The van der Waals surface area contributed by atoms with Crippen molar-refractivity contribution in [3.05, 3.63) is 0 Å². The highest BCUT2D eigenvalue weighted by molar-refractivity contribution is 5.89. The Balaban J connectivity index is -0.0000000743. The lowest BCUT2D eigenvalue weighted by Gasteiger charge is -2.03. The molecule has 0 aliphatic rings. The fourth-order valence-corrected chi connectivity index (χ4v) is 3.40. The molecule has 0 bridgehead atoms. The third-order valence-electron chi connectivity index (χ3n) is 6.48.